The van der Waals surface area contributed by atoms with Crippen molar-refractivity contribution in [3.63, 3.8) is 0 Å². The summed E-state index contributed by atoms with van der Waals surface area (Å²) in [6.45, 7) is 6.27. The summed E-state index contributed by atoms with van der Waals surface area (Å²) in [5.74, 6) is 0.468. The molecule has 1 aromatic carbocycles. The molecule has 3 N–H and O–H groups in total. The van der Waals surface area contributed by atoms with E-state index >= 15 is 0 Å². The van der Waals surface area contributed by atoms with Gasteiger partial charge in [0.25, 0.3) is 0 Å². The van der Waals surface area contributed by atoms with Crippen LogP contribution in [0.5, 0.6) is 5.75 Å². The highest BCUT2D eigenvalue weighted by Gasteiger charge is 2.09. The minimum atomic E-state index is -0.345. The Morgan fingerprint density at radius 2 is 2.00 bits per heavy atom. The highest BCUT2D eigenvalue weighted by atomic mass is 127. The number of rotatable bonds is 3. The van der Waals surface area contributed by atoms with Gasteiger partial charge >= 0.3 is 0 Å². The van der Waals surface area contributed by atoms with E-state index in [2.05, 4.69) is 10.3 Å². The van der Waals surface area contributed by atoms with Crippen molar-refractivity contribution in [3.05, 3.63) is 29.6 Å². The predicted octanol–water partition coefficient (Wildman–Crippen LogP) is 2.66. The first-order valence-corrected chi connectivity index (χ1v) is 5.72. The lowest BCUT2D eigenvalue weighted by molar-refractivity contribution is 0.410. The molecule has 0 fully saturated rings. The van der Waals surface area contributed by atoms with Crippen LogP contribution >= 0.6 is 24.0 Å². The molecule has 108 valence electrons. The van der Waals surface area contributed by atoms with E-state index in [0.717, 1.165) is 0 Å². The molecule has 0 aliphatic carbocycles. The fourth-order valence-corrected chi connectivity index (χ4v) is 1.43. The second-order valence-electron chi connectivity index (χ2n) is 5.08. The molecule has 0 saturated heterocycles. The Balaban J connectivity index is 0.00000324. The zero-order valence-electron chi connectivity index (χ0n) is 11.7. The van der Waals surface area contributed by atoms with Gasteiger partial charge in [-0.15, -0.1) is 24.0 Å². The van der Waals surface area contributed by atoms with Gasteiger partial charge < -0.3 is 15.8 Å². The number of benzene rings is 1. The Kier molecular flexibility index (Phi) is 7.10. The highest BCUT2D eigenvalue weighted by Crippen LogP contribution is 2.16. The van der Waals surface area contributed by atoms with Gasteiger partial charge in [0, 0.05) is 11.6 Å². The molecule has 1 aromatic rings. The summed E-state index contributed by atoms with van der Waals surface area (Å²) in [7, 11) is 1.50. The number of hydrogen-bond acceptors (Lipinski definition) is 2. The average molecular weight is 381 g/mol. The van der Waals surface area contributed by atoms with Gasteiger partial charge in [-0.2, -0.15) is 0 Å². The fraction of sp³-hybridized carbons (Fsp3) is 0.462. The minimum Gasteiger partial charge on any atom is -0.497 e. The zero-order chi connectivity index (χ0) is 13.8. The first kappa shape index (κ1) is 17.9. The number of halogens is 2. The zero-order valence-corrected chi connectivity index (χ0v) is 14.0. The minimum absolute atomic E-state index is 0. The Bertz CT molecular complexity index is 444. The Hall–Kier alpha value is -1.05. The molecule has 0 aliphatic heterocycles. The Morgan fingerprint density at radius 3 is 2.53 bits per heavy atom. The van der Waals surface area contributed by atoms with Crippen LogP contribution in [0.25, 0.3) is 0 Å². The van der Waals surface area contributed by atoms with Crippen molar-refractivity contribution in [1.82, 2.24) is 5.32 Å². The van der Waals surface area contributed by atoms with Gasteiger partial charge in [0.1, 0.15) is 11.6 Å². The lowest BCUT2D eigenvalue weighted by atomic mass is 10.1. The molecular weight excluding hydrogens is 360 g/mol. The SMILES string of the molecule is COc1cc(F)cc(CN=C(N)NC(C)(C)C)c1.I. The topological polar surface area (TPSA) is 59.6 Å². The van der Waals surface area contributed by atoms with Crippen LogP contribution in [0, 0.1) is 5.82 Å². The number of hydrogen-bond donors (Lipinski definition) is 2. The molecule has 6 heteroatoms. The molecule has 0 saturated carbocycles. The number of guanidine groups is 1. The molecule has 0 heterocycles. The second kappa shape index (κ2) is 7.52. The van der Waals surface area contributed by atoms with Crippen molar-refractivity contribution in [1.29, 1.82) is 0 Å². The Morgan fingerprint density at radius 1 is 1.37 bits per heavy atom. The van der Waals surface area contributed by atoms with Crippen LogP contribution in [-0.2, 0) is 6.54 Å². The molecule has 0 unspecified atom stereocenters. The molecular formula is C13H21FIN3O. The van der Waals surface area contributed by atoms with Crippen LogP contribution < -0.4 is 15.8 Å². The van der Waals surface area contributed by atoms with E-state index in [-0.39, 0.29) is 35.3 Å². The van der Waals surface area contributed by atoms with E-state index in [0.29, 0.717) is 23.8 Å². The van der Waals surface area contributed by atoms with Crippen molar-refractivity contribution in [3.8, 4) is 5.75 Å². The number of aliphatic imine (C=N–C) groups is 1. The van der Waals surface area contributed by atoms with E-state index < -0.39 is 0 Å². The first-order chi connectivity index (χ1) is 8.30. The normalized spacial score (nSPS) is 11.7. The molecule has 0 aliphatic rings. The van der Waals surface area contributed by atoms with Crippen molar-refractivity contribution >= 4 is 29.9 Å². The van der Waals surface area contributed by atoms with E-state index in [4.69, 9.17) is 10.5 Å². The van der Waals surface area contributed by atoms with E-state index in [9.17, 15) is 4.39 Å². The van der Waals surface area contributed by atoms with Gasteiger partial charge in [0.15, 0.2) is 5.96 Å². The van der Waals surface area contributed by atoms with Crippen LogP contribution in [0.2, 0.25) is 0 Å². The van der Waals surface area contributed by atoms with Gasteiger partial charge in [-0.05, 0) is 38.5 Å². The van der Waals surface area contributed by atoms with Crippen LogP contribution in [0.1, 0.15) is 26.3 Å². The first-order valence-electron chi connectivity index (χ1n) is 5.72. The molecule has 0 radical (unpaired) electrons. The smallest absolute Gasteiger partial charge is 0.189 e. The lowest BCUT2D eigenvalue weighted by Crippen LogP contribution is -2.44. The van der Waals surface area contributed by atoms with Gasteiger partial charge in [-0.1, -0.05) is 0 Å². The summed E-state index contributed by atoms with van der Waals surface area (Å²) in [5, 5.41) is 3.04. The number of methoxy groups -OCH3 is 1. The molecule has 0 aromatic heterocycles. The number of nitrogens with one attached hydrogen (secondary N) is 1. The molecule has 0 atom stereocenters. The van der Waals surface area contributed by atoms with Crippen LogP contribution in [0.15, 0.2) is 23.2 Å². The summed E-state index contributed by atoms with van der Waals surface area (Å²) >= 11 is 0. The summed E-state index contributed by atoms with van der Waals surface area (Å²) in [4.78, 5) is 4.16. The largest absolute Gasteiger partial charge is 0.497 e. The molecule has 1 rings (SSSR count). The quantitative estimate of drug-likeness (QED) is 0.481. The molecule has 19 heavy (non-hydrogen) atoms. The number of ether oxygens (including phenoxy) is 1. The second-order valence-corrected chi connectivity index (χ2v) is 5.08. The van der Waals surface area contributed by atoms with Gasteiger partial charge in [0.2, 0.25) is 0 Å². The summed E-state index contributed by atoms with van der Waals surface area (Å²) in [5.41, 5.74) is 6.30. The van der Waals surface area contributed by atoms with Crippen molar-refractivity contribution in [2.75, 3.05) is 7.11 Å². The van der Waals surface area contributed by atoms with Crippen molar-refractivity contribution < 1.29 is 9.13 Å². The monoisotopic (exact) mass is 381 g/mol. The maximum absolute atomic E-state index is 13.2. The van der Waals surface area contributed by atoms with Gasteiger partial charge in [-0.3, -0.25) is 0 Å². The van der Waals surface area contributed by atoms with E-state index in [1.807, 2.05) is 20.8 Å². The molecule has 0 bridgehead atoms. The molecule has 0 amide bonds. The third-order valence-corrected chi connectivity index (χ3v) is 2.10. The Labute approximate surface area is 130 Å². The summed E-state index contributed by atoms with van der Waals surface area (Å²) in [6.07, 6.45) is 0. The van der Waals surface area contributed by atoms with Gasteiger partial charge in [-0.25, -0.2) is 9.38 Å². The maximum atomic E-state index is 13.2. The van der Waals surface area contributed by atoms with Crippen LogP contribution in [0.3, 0.4) is 0 Å². The van der Waals surface area contributed by atoms with E-state index in [1.54, 1.807) is 6.07 Å². The lowest BCUT2D eigenvalue weighted by Gasteiger charge is -2.21. The standard InChI is InChI=1S/C13H20FN3O.HI/c1-13(2,3)17-12(15)16-8-9-5-10(14)7-11(6-9)18-4;/h5-7H,8H2,1-4H3,(H3,15,16,17);1H. The highest BCUT2D eigenvalue weighted by molar-refractivity contribution is 14.0. The van der Waals surface area contributed by atoms with Crippen LogP contribution in [0.4, 0.5) is 4.39 Å². The summed E-state index contributed by atoms with van der Waals surface area (Å²) in [6, 6.07) is 4.47. The molecule has 0 spiro atoms. The van der Waals surface area contributed by atoms with Gasteiger partial charge in [0.05, 0.1) is 13.7 Å². The predicted molar refractivity (Wildman–Crippen MR) is 86.6 cm³/mol. The number of nitrogens with two attached hydrogens (primary N) is 1. The summed E-state index contributed by atoms with van der Waals surface area (Å²) < 4.78 is 18.2. The third kappa shape index (κ3) is 7.19. The van der Waals surface area contributed by atoms with Crippen molar-refractivity contribution in [2.24, 2.45) is 10.7 Å². The maximum Gasteiger partial charge on any atom is 0.189 e. The fourth-order valence-electron chi connectivity index (χ4n) is 1.43. The van der Waals surface area contributed by atoms with E-state index in [1.165, 1.54) is 19.2 Å². The van der Waals surface area contributed by atoms with Crippen LogP contribution in [-0.4, -0.2) is 18.6 Å². The molecule has 4 nitrogen and oxygen atoms in total. The number of nitrogens with zero attached hydrogens (tertiary/aromatic N) is 1. The third-order valence-electron chi connectivity index (χ3n) is 2.10. The van der Waals surface area contributed by atoms with Crippen molar-refractivity contribution in [2.45, 2.75) is 32.9 Å². The average Bonchev–Trinajstić information content (AvgIpc) is 2.23.